The first-order valence-electron chi connectivity index (χ1n) is 11.9. The van der Waals surface area contributed by atoms with Gasteiger partial charge in [0.05, 0.1) is 5.41 Å². The van der Waals surface area contributed by atoms with Crippen molar-refractivity contribution in [3.05, 3.63) is 0 Å². The summed E-state index contributed by atoms with van der Waals surface area (Å²) in [4.78, 5) is 15.9. The van der Waals surface area contributed by atoms with Gasteiger partial charge in [-0.05, 0) is 67.0 Å². The van der Waals surface area contributed by atoms with Gasteiger partial charge in [-0.15, -0.1) is 0 Å². The molecular weight excluding hydrogens is 368 g/mol. The summed E-state index contributed by atoms with van der Waals surface area (Å²) in [6.45, 7) is 31.9. The number of rotatable bonds is 10. The van der Waals surface area contributed by atoms with E-state index in [1.807, 2.05) is 0 Å². The summed E-state index contributed by atoms with van der Waals surface area (Å²) < 4.78 is 0. The highest BCUT2D eigenvalue weighted by atomic mass is 16.2. The van der Waals surface area contributed by atoms with E-state index in [9.17, 15) is 4.79 Å². The molecule has 0 saturated heterocycles. The monoisotopic (exact) mass is 424 g/mol. The van der Waals surface area contributed by atoms with Gasteiger partial charge in [0.1, 0.15) is 0 Å². The van der Waals surface area contributed by atoms with Crippen LogP contribution in [0.1, 0.15) is 109 Å². The molecule has 0 aliphatic carbocycles. The molecule has 0 spiro atoms. The van der Waals surface area contributed by atoms with Crippen LogP contribution >= 0.6 is 0 Å². The number of nitrogens with one attached hydrogen (secondary N) is 1. The van der Waals surface area contributed by atoms with Crippen molar-refractivity contribution in [3.8, 4) is 0 Å². The van der Waals surface area contributed by atoms with Crippen molar-refractivity contribution in [1.29, 1.82) is 0 Å². The van der Waals surface area contributed by atoms with Gasteiger partial charge in [-0.1, -0.05) is 90.0 Å². The summed E-state index contributed by atoms with van der Waals surface area (Å²) in [5, 5.41) is 3.31. The van der Waals surface area contributed by atoms with E-state index in [1.54, 1.807) is 0 Å². The normalized spacial score (nSPS) is 16.5. The van der Waals surface area contributed by atoms with E-state index >= 15 is 0 Å². The standard InChI is InChI=1S/C27H56N2O/c1-22(2,3)19-27(13,21(30)28-17-16-18-29(14)15)26(11,12)25(9,10)20-24(7,8)23(4,5)6/h16-20H2,1-15H3,(H,28,30). The lowest BCUT2D eigenvalue weighted by Crippen LogP contribution is -2.57. The average Bonchev–Trinajstić information content (AvgIpc) is 2.46. The van der Waals surface area contributed by atoms with Crippen LogP contribution in [0.25, 0.3) is 0 Å². The molecule has 3 heteroatoms. The van der Waals surface area contributed by atoms with Gasteiger partial charge in [-0.3, -0.25) is 4.79 Å². The molecular formula is C27H56N2O. The van der Waals surface area contributed by atoms with Crippen molar-refractivity contribution in [2.75, 3.05) is 27.2 Å². The quantitative estimate of drug-likeness (QED) is 0.382. The van der Waals surface area contributed by atoms with Crippen LogP contribution in [0.2, 0.25) is 0 Å². The van der Waals surface area contributed by atoms with Gasteiger partial charge in [0.15, 0.2) is 0 Å². The fourth-order valence-corrected chi connectivity index (χ4v) is 4.78. The molecule has 1 amide bonds. The Morgan fingerprint density at radius 2 is 1.20 bits per heavy atom. The molecule has 1 atom stereocenters. The predicted molar refractivity (Wildman–Crippen MR) is 134 cm³/mol. The van der Waals surface area contributed by atoms with E-state index in [0.29, 0.717) is 0 Å². The molecule has 30 heavy (non-hydrogen) atoms. The topological polar surface area (TPSA) is 32.3 Å². The van der Waals surface area contributed by atoms with Crippen molar-refractivity contribution < 1.29 is 4.79 Å². The van der Waals surface area contributed by atoms with Crippen LogP contribution in [0.3, 0.4) is 0 Å². The van der Waals surface area contributed by atoms with Crippen LogP contribution in [0.5, 0.6) is 0 Å². The molecule has 0 fully saturated rings. The number of carbonyl (C=O) groups is 1. The molecule has 0 bridgehead atoms. The van der Waals surface area contributed by atoms with Gasteiger partial charge in [-0.25, -0.2) is 0 Å². The second-order valence-electron chi connectivity index (χ2n) is 14.3. The van der Waals surface area contributed by atoms with Crippen LogP contribution < -0.4 is 5.32 Å². The van der Waals surface area contributed by atoms with Crippen LogP contribution in [-0.2, 0) is 4.79 Å². The molecule has 0 heterocycles. The second kappa shape index (κ2) is 9.51. The maximum atomic E-state index is 13.7. The molecule has 0 aliphatic rings. The van der Waals surface area contributed by atoms with Crippen molar-refractivity contribution in [1.82, 2.24) is 10.2 Å². The van der Waals surface area contributed by atoms with Crippen LogP contribution in [0.4, 0.5) is 0 Å². The Labute approximate surface area is 190 Å². The minimum Gasteiger partial charge on any atom is -0.356 e. The van der Waals surface area contributed by atoms with E-state index in [2.05, 4.69) is 114 Å². The number of nitrogens with zero attached hydrogens (tertiary/aromatic N) is 1. The van der Waals surface area contributed by atoms with E-state index in [-0.39, 0.29) is 33.0 Å². The van der Waals surface area contributed by atoms with Crippen molar-refractivity contribution in [2.24, 2.45) is 32.5 Å². The number of amides is 1. The lowest BCUT2D eigenvalue weighted by atomic mass is 9.47. The summed E-state index contributed by atoms with van der Waals surface area (Å²) in [6, 6.07) is 0. The zero-order valence-corrected chi connectivity index (χ0v) is 23.4. The van der Waals surface area contributed by atoms with Crippen LogP contribution in [0.15, 0.2) is 0 Å². The van der Waals surface area contributed by atoms with Gasteiger partial charge in [0.2, 0.25) is 5.91 Å². The highest BCUT2D eigenvalue weighted by Gasteiger charge is 2.57. The summed E-state index contributed by atoms with van der Waals surface area (Å²) in [5.74, 6) is 0.211. The molecule has 1 unspecified atom stereocenters. The summed E-state index contributed by atoms with van der Waals surface area (Å²) in [7, 11) is 4.16. The first-order chi connectivity index (χ1) is 13.0. The first kappa shape index (κ1) is 29.4. The fourth-order valence-electron chi connectivity index (χ4n) is 4.78. The van der Waals surface area contributed by atoms with Crippen molar-refractivity contribution in [3.63, 3.8) is 0 Å². The van der Waals surface area contributed by atoms with Crippen molar-refractivity contribution in [2.45, 2.75) is 109 Å². The smallest absolute Gasteiger partial charge is 0.226 e. The van der Waals surface area contributed by atoms with Gasteiger partial charge in [-0.2, -0.15) is 0 Å². The lowest BCUT2D eigenvalue weighted by molar-refractivity contribution is -0.152. The molecule has 0 aliphatic heterocycles. The molecule has 0 radical (unpaired) electrons. The SMILES string of the molecule is CN(C)CCCNC(=O)C(C)(CC(C)(C)C)C(C)(C)C(C)(C)CC(C)(C)C(C)(C)C. The number of hydrogen-bond donors (Lipinski definition) is 1. The molecule has 0 aromatic carbocycles. The zero-order valence-electron chi connectivity index (χ0n) is 23.4. The zero-order chi connectivity index (χ0) is 24.4. The van der Waals surface area contributed by atoms with E-state index < -0.39 is 5.41 Å². The van der Waals surface area contributed by atoms with Crippen LogP contribution in [-0.4, -0.2) is 38.0 Å². The number of carbonyl (C=O) groups excluding carboxylic acids is 1. The highest BCUT2D eigenvalue weighted by Crippen LogP contribution is 2.60. The molecule has 3 nitrogen and oxygen atoms in total. The minimum absolute atomic E-state index is 0.00917. The van der Waals surface area contributed by atoms with E-state index in [1.165, 1.54) is 0 Å². The minimum atomic E-state index is -0.458. The van der Waals surface area contributed by atoms with Crippen molar-refractivity contribution >= 4 is 5.91 Å². The largest absolute Gasteiger partial charge is 0.356 e. The van der Waals surface area contributed by atoms with E-state index in [0.717, 1.165) is 32.4 Å². The lowest BCUT2D eigenvalue weighted by Gasteiger charge is -2.57. The highest BCUT2D eigenvalue weighted by molar-refractivity contribution is 5.83. The maximum Gasteiger partial charge on any atom is 0.226 e. The third-order valence-electron chi connectivity index (χ3n) is 8.44. The van der Waals surface area contributed by atoms with Crippen LogP contribution in [0, 0.1) is 32.5 Å². The Morgan fingerprint density at radius 3 is 1.57 bits per heavy atom. The Kier molecular flexibility index (Phi) is 9.33. The molecule has 0 rings (SSSR count). The second-order valence-corrected chi connectivity index (χ2v) is 14.3. The Balaban J connectivity index is 5.99. The summed E-state index contributed by atoms with van der Waals surface area (Å²) in [5.41, 5.74) is -0.205. The Bertz CT molecular complexity index is 558. The summed E-state index contributed by atoms with van der Waals surface area (Å²) in [6.07, 6.45) is 2.92. The van der Waals surface area contributed by atoms with Gasteiger partial charge < -0.3 is 10.2 Å². The van der Waals surface area contributed by atoms with Gasteiger partial charge in [0, 0.05) is 6.54 Å². The number of hydrogen-bond acceptors (Lipinski definition) is 2. The molecule has 1 N–H and O–H groups in total. The summed E-state index contributed by atoms with van der Waals surface area (Å²) >= 11 is 0. The predicted octanol–water partition coefficient (Wildman–Crippen LogP) is 7.01. The third-order valence-corrected chi connectivity index (χ3v) is 8.44. The fraction of sp³-hybridized carbons (Fsp3) is 0.963. The first-order valence-corrected chi connectivity index (χ1v) is 11.9. The Morgan fingerprint density at radius 1 is 0.733 bits per heavy atom. The molecule has 0 aromatic rings. The average molecular weight is 425 g/mol. The third kappa shape index (κ3) is 7.24. The van der Waals surface area contributed by atoms with E-state index in [4.69, 9.17) is 0 Å². The molecule has 180 valence electrons. The molecule has 0 saturated carbocycles. The maximum absolute atomic E-state index is 13.7. The van der Waals surface area contributed by atoms with Gasteiger partial charge >= 0.3 is 0 Å². The van der Waals surface area contributed by atoms with Gasteiger partial charge in [0.25, 0.3) is 0 Å². The Hall–Kier alpha value is -0.570. The molecule has 0 aromatic heterocycles.